The second-order valence-electron chi connectivity index (χ2n) is 3.64. The molecule has 0 atom stereocenters. The lowest BCUT2D eigenvalue weighted by molar-refractivity contribution is 0.639. The summed E-state index contributed by atoms with van der Waals surface area (Å²) in [6, 6.07) is 0.485. The monoisotopic (exact) mass is 218 g/mol. The van der Waals surface area contributed by atoms with E-state index in [-0.39, 0.29) is 0 Å². The molecule has 0 rings (SSSR count). The van der Waals surface area contributed by atoms with Crippen LogP contribution in [0.2, 0.25) is 0 Å². The van der Waals surface area contributed by atoms with Crippen molar-refractivity contribution in [2.24, 2.45) is 0 Å². The molecule has 0 spiro atoms. The van der Waals surface area contributed by atoms with Crippen LogP contribution in [0.3, 0.4) is 0 Å². The summed E-state index contributed by atoms with van der Waals surface area (Å²) in [5.41, 5.74) is 0. The molecule has 4 N–H and O–H groups in total. The van der Waals surface area contributed by atoms with Crippen molar-refractivity contribution in [2.75, 3.05) is 19.6 Å². The van der Waals surface area contributed by atoms with Gasteiger partial charge in [-0.3, -0.25) is 4.98 Å². The Hall–Kier alpha value is 0.0569. The molecule has 0 unspecified atom stereocenters. The van der Waals surface area contributed by atoms with E-state index in [1.165, 1.54) is 0 Å². The van der Waals surface area contributed by atoms with Crippen molar-refractivity contribution in [2.45, 2.75) is 40.7 Å². The molecule has 0 saturated carbocycles. The fourth-order valence-corrected chi connectivity index (χ4v) is 4.71. The summed E-state index contributed by atoms with van der Waals surface area (Å²) in [5.74, 6) is 0. The van der Waals surface area contributed by atoms with E-state index in [9.17, 15) is 0 Å². The highest BCUT2D eigenvalue weighted by Gasteiger charge is 2.32. The Morgan fingerprint density at radius 3 is 1.43 bits per heavy atom. The highest BCUT2D eigenvalue weighted by Crippen LogP contribution is 1.88. The standard InChI is InChI=1S/C9H26N4Si/c1-6-10-14(11-7-2,12-8-3)13-9(4)5/h9-13H,6-8H2,1-5H3. The predicted molar refractivity (Wildman–Crippen MR) is 65.1 cm³/mol. The highest BCUT2D eigenvalue weighted by molar-refractivity contribution is 6.70. The number of hydrogen-bond acceptors (Lipinski definition) is 4. The molecule has 0 aliphatic rings. The minimum Gasteiger partial charge on any atom is -0.301 e. The first-order valence-electron chi connectivity index (χ1n) is 5.63. The van der Waals surface area contributed by atoms with Crippen LogP contribution in [0, 0.1) is 0 Å². The number of nitrogens with one attached hydrogen (secondary N) is 4. The molecule has 0 radical (unpaired) electrons. The van der Waals surface area contributed by atoms with Crippen LogP contribution in [0.25, 0.3) is 0 Å². The van der Waals surface area contributed by atoms with Gasteiger partial charge in [-0.05, 0) is 25.7 Å². The van der Waals surface area contributed by atoms with Crippen molar-refractivity contribution in [3.05, 3.63) is 0 Å². The van der Waals surface area contributed by atoms with Gasteiger partial charge in [0.25, 0.3) is 0 Å². The highest BCUT2D eigenvalue weighted by atomic mass is 28.4. The lowest BCUT2D eigenvalue weighted by atomic mass is 10.4. The Balaban J connectivity index is 4.37. The molecule has 0 aromatic rings. The van der Waals surface area contributed by atoms with Crippen molar-refractivity contribution in [1.82, 2.24) is 19.9 Å². The summed E-state index contributed by atoms with van der Waals surface area (Å²) in [5, 5.41) is 0. The van der Waals surface area contributed by atoms with Crippen LogP contribution in [0.5, 0.6) is 0 Å². The van der Waals surface area contributed by atoms with Crippen LogP contribution >= 0.6 is 0 Å². The number of hydrogen-bond donors (Lipinski definition) is 4. The maximum atomic E-state index is 3.60. The third-order valence-electron chi connectivity index (χ3n) is 1.83. The Morgan fingerprint density at radius 1 is 0.857 bits per heavy atom. The lowest BCUT2D eigenvalue weighted by Gasteiger charge is -2.34. The van der Waals surface area contributed by atoms with Crippen molar-refractivity contribution in [3.8, 4) is 0 Å². The van der Waals surface area contributed by atoms with Crippen LogP contribution in [0.4, 0.5) is 0 Å². The third kappa shape index (κ3) is 5.07. The zero-order valence-electron chi connectivity index (χ0n) is 10.2. The average Bonchev–Trinajstić information content (AvgIpc) is 2.03. The fourth-order valence-electron chi connectivity index (χ4n) is 1.57. The van der Waals surface area contributed by atoms with Gasteiger partial charge in [0.1, 0.15) is 0 Å². The summed E-state index contributed by atoms with van der Waals surface area (Å²) in [7, 11) is -1.86. The molecule has 4 nitrogen and oxygen atoms in total. The van der Waals surface area contributed by atoms with Crippen molar-refractivity contribution in [3.63, 3.8) is 0 Å². The van der Waals surface area contributed by atoms with Gasteiger partial charge in [-0.1, -0.05) is 34.6 Å². The molecule has 0 aliphatic heterocycles. The molecule has 14 heavy (non-hydrogen) atoms. The van der Waals surface area contributed by atoms with Gasteiger partial charge in [0, 0.05) is 0 Å². The van der Waals surface area contributed by atoms with Gasteiger partial charge in [0.2, 0.25) is 0 Å². The maximum absolute atomic E-state index is 3.60. The maximum Gasteiger partial charge on any atom is 0.366 e. The van der Waals surface area contributed by atoms with Crippen LogP contribution in [0.1, 0.15) is 34.6 Å². The average molecular weight is 218 g/mol. The smallest absolute Gasteiger partial charge is 0.301 e. The summed E-state index contributed by atoms with van der Waals surface area (Å²) in [6.45, 7) is 13.7. The van der Waals surface area contributed by atoms with E-state index < -0.39 is 8.72 Å². The molecule has 5 heteroatoms. The van der Waals surface area contributed by atoms with Gasteiger partial charge in [-0.2, -0.15) is 0 Å². The van der Waals surface area contributed by atoms with Gasteiger partial charge in [0.05, 0.1) is 0 Å². The molecule has 0 heterocycles. The van der Waals surface area contributed by atoms with Gasteiger partial charge in [0.15, 0.2) is 0 Å². The molecule has 0 aromatic carbocycles. The first kappa shape index (κ1) is 14.1. The zero-order chi connectivity index (χ0) is 11.0. The predicted octanol–water partition coefficient (Wildman–Crippen LogP) is 0.249. The normalized spacial score (nSPS) is 12.4. The number of rotatable bonds is 8. The second-order valence-corrected chi connectivity index (χ2v) is 6.49. The van der Waals surface area contributed by atoms with E-state index in [1.54, 1.807) is 0 Å². The van der Waals surface area contributed by atoms with Crippen LogP contribution < -0.4 is 19.9 Å². The molecule has 86 valence electrons. The van der Waals surface area contributed by atoms with Crippen molar-refractivity contribution >= 4 is 8.72 Å². The summed E-state index contributed by atoms with van der Waals surface area (Å²) < 4.78 is 0. The molecule has 0 aromatic heterocycles. The van der Waals surface area contributed by atoms with E-state index in [0.717, 1.165) is 19.6 Å². The Morgan fingerprint density at radius 2 is 1.21 bits per heavy atom. The van der Waals surface area contributed by atoms with Gasteiger partial charge >= 0.3 is 8.72 Å². The minimum atomic E-state index is -1.86. The first-order chi connectivity index (χ1) is 6.60. The second kappa shape index (κ2) is 7.36. The van der Waals surface area contributed by atoms with Gasteiger partial charge < -0.3 is 14.9 Å². The largest absolute Gasteiger partial charge is 0.366 e. The molecule has 0 amide bonds. The summed E-state index contributed by atoms with van der Waals surface area (Å²) in [4.78, 5) is 14.2. The third-order valence-corrected chi connectivity index (χ3v) is 5.49. The summed E-state index contributed by atoms with van der Waals surface area (Å²) in [6.07, 6.45) is 0. The minimum absolute atomic E-state index is 0.485. The topological polar surface area (TPSA) is 48.1 Å². The SMILES string of the molecule is CCN[Si](NCC)(NCC)NC(C)C. The van der Waals surface area contributed by atoms with Crippen LogP contribution in [-0.2, 0) is 0 Å². The molecular weight excluding hydrogens is 192 g/mol. The van der Waals surface area contributed by atoms with Gasteiger partial charge in [-0.25, -0.2) is 0 Å². The van der Waals surface area contributed by atoms with Crippen molar-refractivity contribution in [1.29, 1.82) is 0 Å². The summed E-state index contributed by atoms with van der Waals surface area (Å²) >= 11 is 0. The Bertz CT molecular complexity index is 124. The van der Waals surface area contributed by atoms with Crippen LogP contribution in [0.15, 0.2) is 0 Å². The molecule has 0 fully saturated rings. The molecule has 0 aliphatic carbocycles. The Kier molecular flexibility index (Phi) is 7.39. The van der Waals surface area contributed by atoms with E-state index in [4.69, 9.17) is 0 Å². The van der Waals surface area contributed by atoms with E-state index in [0.29, 0.717) is 6.04 Å². The fraction of sp³-hybridized carbons (Fsp3) is 1.00. The van der Waals surface area contributed by atoms with Crippen molar-refractivity contribution < 1.29 is 0 Å². The van der Waals surface area contributed by atoms with E-state index in [2.05, 4.69) is 54.5 Å². The van der Waals surface area contributed by atoms with Gasteiger partial charge in [-0.15, -0.1) is 0 Å². The zero-order valence-corrected chi connectivity index (χ0v) is 11.2. The quantitative estimate of drug-likeness (QED) is 0.441. The lowest BCUT2D eigenvalue weighted by Crippen LogP contribution is -2.81. The first-order valence-corrected chi connectivity index (χ1v) is 7.63. The Labute approximate surface area is 89.6 Å². The molecule has 0 bridgehead atoms. The molecular formula is C9H26N4Si. The van der Waals surface area contributed by atoms with Crippen LogP contribution in [-0.4, -0.2) is 34.4 Å². The van der Waals surface area contributed by atoms with E-state index in [1.807, 2.05) is 0 Å². The molecule has 0 saturated heterocycles. The van der Waals surface area contributed by atoms with E-state index >= 15 is 0 Å².